The van der Waals surface area contributed by atoms with Gasteiger partial charge in [-0.3, -0.25) is 9.69 Å². The van der Waals surface area contributed by atoms with Gasteiger partial charge in [0.2, 0.25) is 11.9 Å². The molecule has 1 amide bonds. The number of nitrogens with one attached hydrogen (secondary N) is 1. The SMILES string of the molecule is N#Cc1ccc(-n2cc(-c3nc(Nc4ccc(N5CCC(N6CC(F)C6)CC5=O)cc4)ncc3Cl)cn2)c(Cl)c1. The molecule has 2 aliphatic rings. The fourth-order valence-corrected chi connectivity index (χ4v) is 5.44. The van der Waals surface area contributed by atoms with Crippen LogP contribution in [0.25, 0.3) is 16.9 Å². The van der Waals surface area contributed by atoms with E-state index >= 15 is 0 Å². The van der Waals surface area contributed by atoms with Crippen LogP contribution >= 0.6 is 23.2 Å². The number of carbonyl (C=O) groups excluding carboxylic acids is 1. The molecule has 2 aliphatic heterocycles. The first kappa shape index (κ1) is 26.2. The predicted molar refractivity (Wildman–Crippen MR) is 151 cm³/mol. The summed E-state index contributed by atoms with van der Waals surface area (Å²) >= 11 is 12.8. The molecule has 2 aromatic carbocycles. The van der Waals surface area contributed by atoms with Crippen molar-refractivity contribution in [3.05, 3.63) is 76.7 Å². The topological polar surface area (TPSA) is 103 Å². The molecule has 0 bridgehead atoms. The van der Waals surface area contributed by atoms with Gasteiger partial charge in [-0.05, 0) is 48.9 Å². The van der Waals surface area contributed by atoms with Gasteiger partial charge in [-0.1, -0.05) is 23.2 Å². The van der Waals surface area contributed by atoms with E-state index in [9.17, 15) is 9.18 Å². The Bertz CT molecular complexity index is 1610. The highest BCUT2D eigenvalue weighted by Crippen LogP contribution is 2.31. The van der Waals surface area contributed by atoms with Gasteiger partial charge in [-0.15, -0.1) is 0 Å². The van der Waals surface area contributed by atoms with E-state index in [1.165, 1.54) is 6.20 Å². The average molecular weight is 577 g/mol. The van der Waals surface area contributed by atoms with Crippen molar-refractivity contribution in [1.82, 2.24) is 24.6 Å². The van der Waals surface area contributed by atoms with E-state index in [0.717, 1.165) is 17.8 Å². The van der Waals surface area contributed by atoms with Gasteiger partial charge in [0, 0.05) is 55.2 Å². The Labute approximate surface area is 239 Å². The van der Waals surface area contributed by atoms with Crippen LogP contribution in [0.2, 0.25) is 10.0 Å². The second-order valence-electron chi connectivity index (χ2n) is 9.76. The van der Waals surface area contributed by atoms with Crippen LogP contribution in [-0.2, 0) is 4.79 Å². The highest BCUT2D eigenvalue weighted by molar-refractivity contribution is 6.33. The smallest absolute Gasteiger partial charge is 0.228 e. The lowest BCUT2D eigenvalue weighted by Crippen LogP contribution is -2.57. The number of nitriles is 1. The molecule has 0 radical (unpaired) electrons. The zero-order valence-electron chi connectivity index (χ0n) is 21.1. The lowest BCUT2D eigenvalue weighted by atomic mass is 9.98. The Morgan fingerprint density at radius 1 is 1.07 bits per heavy atom. The molecule has 2 fully saturated rings. The van der Waals surface area contributed by atoms with Gasteiger partial charge in [0.1, 0.15) is 6.17 Å². The Balaban J connectivity index is 1.14. The van der Waals surface area contributed by atoms with E-state index in [1.807, 2.05) is 24.3 Å². The third kappa shape index (κ3) is 5.23. The summed E-state index contributed by atoms with van der Waals surface area (Å²) in [4.78, 5) is 25.5. The zero-order chi connectivity index (χ0) is 27.8. The number of aromatic nitrogens is 4. The van der Waals surface area contributed by atoms with Gasteiger partial charge >= 0.3 is 0 Å². The molecule has 4 aromatic rings. The van der Waals surface area contributed by atoms with Crippen LogP contribution in [0.15, 0.2) is 61.1 Å². The third-order valence-corrected chi connectivity index (χ3v) is 7.72. The van der Waals surface area contributed by atoms with Crippen LogP contribution in [0.5, 0.6) is 0 Å². The van der Waals surface area contributed by atoms with E-state index in [4.69, 9.17) is 28.5 Å². The lowest BCUT2D eigenvalue weighted by molar-refractivity contribution is -0.122. The van der Waals surface area contributed by atoms with E-state index in [-0.39, 0.29) is 11.9 Å². The van der Waals surface area contributed by atoms with E-state index < -0.39 is 6.17 Å². The molecule has 1 N–H and O–H groups in total. The van der Waals surface area contributed by atoms with Crippen LogP contribution < -0.4 is 10.2 Å². The molecule has 40 heavy (non-hydrogen) atoms. The van der Waals surface area contributed by atoms with E-state index in [2.05, 4.69) is 31.4 Å². The molecule has 0 aliphatic carbocycles. The second-order valence-corrected chi connectivity index (χ2v) is 10.6. The molecule has 1 unspecified atom stereocenters. The first-order chi connectivity index (χ1) is 19.4. The quantitative estimate of drug-likeness (QED) is 0.327. The van der Waals surface area contributed by atoms with Crippen molar-refractivity contribution in [2.75, 3.05) is 29.9 Å². The summed E-state index contributed by atoms with van der Waals surface area (Å²) in [6, 6.07) is 14.6. The van der Waals surface area contributed by atoms with Crippen LogP contribution in [-0.4, -0.2) is 62.4 Å². The first-order valence-electron chi connectivity index (χ1n) is 12.7. The van der Waals surface area contributed by atoms with Crippen molar-refractivity contribution >= 4 is 46.4 Å². The Morgan fingerprint density at radius 3 is 2.58 bits per heavy atom. The van der Waals surface area contributed by atoms with Gasteiger partial charge in [-0.2, -0.15) is 10.4 Å². The fourth-order valence-electron chi connectivity index (χ4n) is 4.98. The summed E-state index contributed by atoms with van der Waals surface area (Å²) in [5, 5.41) is 17.4. The van der Waals surface area contributed by atoms with Crippen LogP contribution in [0, 0.1) is 11.3 Å². The molecule has 0 saturated carbocycles. The Hall–Kier alpha value is -4.04. The Kier molecular flexibility index (Phi) is 7.11. The highest BCUT2D eigenvalue weighted by Gasteiger charge is 2.37. The molecule has 202 valence electrons. The number of rotatable bonds is 6. The maximum absolute atomic E-state index is 13.2. The summed E-state index contributed by atoms with van der Waals surface area (Å²) in [6.45, 7) is 1.47. The maximum Gasteiger partial charge on any atom is 0.228 e. The number of benzene rings is 2. The lowest BCUT2D eigenvalue weighted by Gasteiger charge is -2.44. The standard InChI is InChI=1S/C28H23Cl2FN8O/c29-23-9-17(11-32)1-6-25(23)39-14-18(12-34-39)27-24(30)13-33-28(36-27)35-20-2-4-21(5-3-20)38-8-7-22(10-26(38)40)37-15-19(31)16-37/h1-6,9,12-14,19,22H,7-8,10,15-16H2,(H,33,35,36). The number of hydrogen-bond acceptors (Lipinski definition) is 7. The van der Waals surface area contributed by atoms with Crippen molar-refractivity contribution < 1.29 is 9.18 Å². The minimum Gasteiger partial charge on any atom is -0.324 e. The van der Waals surface area contributed by atoms with Crippen molar-refractivity contribution in [1.29, 1.82) is 5.26 Å². The zero-order valence-corrected chi connectivity index (χ0v) is 22.6. The summed E-state index contributed by atoms with van der Waals surface area (Å²) in [5.74, 6) is 0.390. The predicted octanol–water partition coefficient (Wildman–Crippen LogP) is 5.40. The molecule has 2 saturated heterocycles. The maximum atomic E-state index is 13.2. The molecule has 0 spiro atoms. The van der Waals surface area contributed by atoms with Crippen molar-refractivity contribution in [3.8, 4) is 23.0 Å². The van der Waals surface area contributed by atoms with Crippen LogP contribution in [0.1, 0.15) is 18.4 Å². The Morgan fingerprint density at radius 2 is 1.88 bits per heavy atom. The van der Waals surface area contributed by atoms with Crippen molar-refractivity contribution in [2.24, 2.45) is 0 Å². The summed E-state index contributed by atoms with van der Waals surface area (Å²) in [7, 11) is 0. The number of halogens is 3. The second kappa shape index (κ2) is 10.8. The summed E-state index contributed by atoms with van der Waals surface area (Å²) < 4.78 is 14.8. The first-order valence-corrected chi connectivity index (χ1v) is 13.5. The van der Waals surface area contributed by atoms with Gasteiger partial charge in [0.25, 0.3) is 0 Å². The van der Waals surface area contributed by atoms with Gasteiger partial charge in [0.15, 0.2) is 0 Å². The largest absolute Gasteiger partial charge is 0.324 e. The average Bonchev–Trinajstić information content (AvgIpc) is 3.42. The minimum absolute atomic E-state index is 0.0489. The number of piperidine rings is 1. The molecule has 2 aromatic heterocycles. The number of hydrogen-bond donors (Lipinski definition) is 1. The monoisotopic (exact) mass is 576 g/mol. The number of nitrogens with zero attached hydrogens (tertiary/aromatic N) is 7. The molecule has 6 rings (SSSR count). The van der Waals surface area contributed by atoms with Crippen molar-refractivity contribution in [3.63, 3.8) is 0 Å². The molecule has 4 heterocycles. The number of anilines is 3. The molecule has 9 nitrogen and oxygen atoms in total. The molecular weight excluding hydrogens is 554 g/mol. The summed E-state index contributed by atoms with van der Waals surface area (Å²) in [6.07, 6.45) is 5.35. The van der Waals surface area contributed by atoms with E-state index in [0.29, 0.717) is 64.6 Å². The number of amides is 1. The normalized spacial score (nSPS) is 17.9. The number of carbonyl (C=O) groups is 1. The molecule has 1 atom stereocenters. The molecule has 12 heteroatoms. The van der Waals surface area contributed by atoms with Crippen LogP contribution in [0.3, 0.4) is 0 Å². The number of alkyl halides is 1. The van der Waals surface area contributed by atoms with Crippen molar-refractivity contribution in [2.45, 2.75) is 25.1 Å². The van der Waals surface area contributed by atoms with Gasteiger partial charge in [-0.25, -0.2) is 19.0 Å². The van der Waals surface area contributed by atoms with E-state index in [1.54, 1.807) is 40.2 Å². The van der Waals surface area contributed by atoms with Gasteiger partial charge < -0.3 is 10.2 Å². The minimum atomic E-state index is -0.764. The fraction of sp³-hybridized carbons (Fsp3) is 0.250. The molecular formula is C28H23Cl2FN8O. The third-order valence-electron chi connectivity index (χ3n) is 7.14. The van der Waals surface area contributed by atoms with Gasteiger partial charge in [0.05, 0.1) is 45.5 Å². The highest BCUT2D eigenvalue weighted by atomic mass is 35.5. The van der Waals surface area contributed by atoms with Crippen LogP contribution in [0.4, 0.5) is 21.7 Å². The number of likely N-dealkylation sites (tertiary alicyclic amines) is 1. The summed E-state index contributed by atoms with van der Waals surface area (Å²) in [5.41, 5.74) is 3.78.